The Morgan fingerprint density at radius 2 is 1.79 bits per heavy atom. The Bertz CT molecular complexity index is 356. The molecule has 0 spiro atoms. The molecule has 1 fully saturated rings. The highest BCUT2D eigenvalue weighted by Gasteiger charge is 2.22. The van der Waals surface area contributed by atoms with E-state index in [4.69, 9.17) is 11.6 Å². The summed E-state index contributed by atoms with van der Waals surface area (Å²) in [6.07, 6.45) is 2.32. The largest absolute Gasteiger partial charge is 0.306 e. The number of halogens is 1. The first-order valence-corrected chi connectivity index (χ1v) is 8.90. The smallest absolute Gasteiger partial charge is 0.215 e. The number of sulfonamides is 1. The number of likely N-dealkylation sites (N-methyl/N-ethyl adjacent to an activating group) is 2. The summed E-state index contributed by atoms with van der Waals surface area (Å²) in [4.78, 5) is 4.61. The predicted octanol–water partition coefficient (Wildman–Crippen LogP) is 0.513. The SMILES string of the molecule is CN1CCC(N(C)CCN(C)S(=O)(=O)CCCl)CC1. The topological polar surface area (TPSA) is 43.9 Å². The molecule has 5 nitrogen and oxygen atoms in total. The Morgan fingerprint density at radius 3 is 2.32 bits per heavy atom. The zero-order chi connectivity index (χ0) is 14.5. The van der Waals surface area contributed by atoms with Crippen molar-refractivity contribution in [3.05, 3.63) is 0 Å². The van der Waals surface area contributed by atoms with Gasteiger partial charge in [-0.15, -0.1) is 11.6 Å². The summed E-state index contributed by atoms with van der Waals surface area (Å²) in [5.74, 6) is 0.167. The number of hydrogen-bond acceptors (Lipinski definition) is 4. The van der Waals surface area contributed by atoms with Crippen LogP contribution in [0.2, 0.25) is 0 Å². The lowest BCUT2D eigenvalue weighted by Gasteiger charge is -2.35. The van der Waals surface area contributed by atoms with Crippen molar-refractivity contribution in [1.82, 2.24) is 14.1 Å². The van der Waals surface area contributed by atoms with Gasteiger partial charge < -0.3 is 9.80 Å². The molecule has 1 rings (SSSR count). The van der Waals surface area contributed by atoms with Crippen molar-refractivity contribution in [2.24, 2.45) is 0 Å². The monoisotopic (exact) mass is 311 g/mol. The summed E-state index contributed by atoms with van der Waals surface area (Å²) in [7, 11) is 2.67. The second kappa shape index (κ2) is 7.78. The van der Waals surface area contributed by atoms with Gasteiger partial charge in [-0.3, -0.25) is 0 Å². The zero-order valence-corrected chi connectivity index (χ0v) is 13.8. The summed E-state index contributed by atoms with van der Waals surface area (Å²) < 4.78 is 25.0. The van der Waals surface area contributed by atoms with Crippen LogP contribution in [0.3, 0.4) is 0 Å². The van der Waals surface area contributed by atoms with E-state index in [0.717, 1.165) is 32.5 Å². The Hall–Kier alpha value is 0.120. The molecule has 0 aromatic rings. The summed E-state index contributed by atoms with van der Waals surface area (Å²) in [5.41, 5.74) is 0. The van der Waals surface area contributed by atoms with Crippen LogP contribution in [0, 0.1) is 0 Å². The van der Waals surface area contributed by atoms with Crippen LogP contribution in [0.15, 0.2) is 0 Å². The molecule has 0 amide bonds. The third-order valence-electron chi connectivity index (χ3n) is 3.89. The van der Waals surface area contributed by atoms with E-state index in [1.165, 1.54) is 4.31 Å². The quantitative estimate of drug-likeness (QED) is 0.643. The van der Waals surface area contributed by atoms with Crippen LogP contribution >= 0.6 is 11.6 Å². The Kier molecular flexibility index (Phi) is 7.04. The van der Waals surface area contributed by atoms with E-state index in [1.807, 2.05) is 0 Å². The van der Waals surface area contributed by atoms with Crippen LogP contribution < -0.4 is 0 Å². The molecule has 114 valence electrons. The molecule has 0 unspecified atom stereocenters. The molecule has 19 heavy (non-hydrogen) atoms. The Balaban J connectivity index is 2.35. The molecule has 7 heteroatoms. The minimum atomic E-state index is -3.18. The van der Waals surface area contributed by atoms with Gasteiger partial charge in [-0.1, -0.05) is 0 Å². The Labute approximate surface area is 122 Å². The minimum absolute atomic E-state index is 0.0169. The van der Waals surface area contributed by atoms with Gasteiger partial charge in [-0.05, 0) is 40.0 Å². The fourth-order valence-corrected chi connectivity index (χ4v) is 3.76. The predicted molar refractivity (Wildman–Crippen MR) is 80.3 cm³/mol. The van der Waals surface area contributed by atoms with Crippen LogP contribution in [0.5, 0.6) is 0 Å². The first-order valence-electron chi connectivity index (χ1n) is 6.75. The fraction of sp³-hybridized carbons (Fsp3) is 1.00. The van der Waals surface area contributed by atoms with E-state index in [1.54, 1.807) is 7.05 Å². The van der Waals surface area contributed by atoms with Crippen molar-refractivity contribution in [3.8, 4) is 0 Å². The molecule has 0 atom stereocenters. The van der Waals surface area contributed by atoms with Crippen LogP contribution in [0.4, 0.5) is 0 Å². The highest BCUT2D eigenvalue weighted by molar-refractivity contribution is 7.89. The van der Waals surface area contributed by atoms with Gasteiger partial charge in [0.2, 0.25) is 10.0 Å². The number of rotatable bonds is 7. The van der Waals surface area contributed by atoms with Gasteiger partial charge in [0.25, 0.3) is 0 Å². The molecule has 0 N–H and O–H groups in total. The van der Waals surface area contributed by atoms with Crippen LogP contribution in [0.25, 0.3) is 0 Å². The normalized spacial score (nSPS) is 19.5. The zero-order valence-electron chi connectivity index (χ0n) is 12.2. The first-order chi connectivity index (χ1) is 8.86. The third-order valence-corrected chi connectivity index (χ3v) is 6.15. The van der Waals surface area contributed by atoms with Gasteiger partial charge >= 0.3 is 0 Å². The molecule has 0 aliphatic carbocycles. The summed E-state index contributed by atoms with van der Waals surface area (Å²) in [6.45, 7) is 3.54. The minimum Gasteiger partial charge on any atom is -0.306 e. The summed E-state index contributed by atoms with van der Waals surface area (Å²) in [6, 6.07) is 0.570. The number of likely N-dealkylation sites (tertiary alicyclic amines) is 1. The van der Waals surface area contributed by atoms with Crippen molar-refractivity contribution in [3.63, 3.8) is 0 Å². The standard InChI is InChI=1S/C12H26ClN3O2S/c1-14-7-4-12(5-8-14)15(2)9-10-16(3)19(17,18)11-6-13/h12H,4-11H2,1-3H3. The maximum atomic E-state index is 11.8. The van der Waals surface area contributed by atoms with Crippen molar-refractivity contribution in [2.45, 2.75) is 18.9 Å². The fourth-order valence-electron chi connectivity index (χ4n) is 2.31. The number of alkyl halides is 1. The van der Waals surface area contributed by atoms with Gasteiger partial charge in [-0.25, -0.2) is 12.7 Å². The van der Waals surface area contributed by atoms with Gasteiger partial charge in [0.1, 0.15) is 0 Å². The molecule has 1 saturated heterocycles. The molecule has 0 aromatic carbocycles. The van der Waals surface area contributed by atoms with Crippen molar-refractivity contribution in [2.75, 3.05) is 59.0 Å². The summed E-state index contributed by atoms with van der Waals surface area (Å²) in [5, 5.41) is 0. The van der Waals surface area contributed by atoms with E-state index in [0.29, 0.717) is 12.6 Å². The molecule has 0 saturated carbocycles. The molecule has 1 heterocycles. The highest BCUT2D eigenvalue weighted by atomic mass is 35.5. The summed E-state index contributed by atoms with van der Waals surface area (Å²) >= 11 is 5.51. The number of nitrogens with zero attached hydrogens (tertiary/aromatic N) is 3. The van der Waals surface area contributed by atoms with E-state index in [2.05, 4.69) is 23.9 Å². The maximum Gasteiger partial charge on any atom is 0.215 e. The molecule has 0 radical (unpaired) electrons. The number of hydrogen-bond donors (Lipinski definition) is 0. The molecule has 0 bridgehead atoms. The van der Waals surface area contributed by atoms with Crippen LogP contribution in [-0.2, 0) is 10.0 Å². The lowest BCUT2D eigenvalue weighted by molar-refractivity contribution is 0.141. The second-order valence-electron chi connectivity index (χ2n) is 5.34. The maximum absolute atomic E-state index is 11.8. The van der Waals surface area contributed by atoms with Gasteiger partial charge in [-0.2, -0.15) is 0 Å². The van der Waals surface area contributed by atoms with Crippen LogP contribution in [-0.4, -0.2) is 87.5 Å². The van der Waals surface area contributed by atoms with E-state index in [-0.39, 0.29) is 11.6 Å². The average molecular weight is 312 g/mol. The highest BCUT2D eigenvalue weighted by Crippen LogP contribution is 2.14. The molecule has 0 aromatic heterocycles. The molecular weight excluding hydrogens is 286 g/mol. The van der Waals surface area contributed by atoms with Crippen molar-refractivity contribution in [1.29, 1.82) is 0 Å². The van der Waals surface area contributed by atoms with Gasteiger partial charge in [0.15, 0.2) is 0 Å². The van der Waals surface area contributed by atoms with Gasteiger partial charge in [0.05, 0.1) is 5.75 Å². The van der Waals surface area contributed by atoms with E-state index >= 15 is 0 Å². The molecule has 1 aliphatic rings. The first kappa shape index (κ1) is 17.2. The lowest BCUT2D eigenvalue weighted by Crippen LogP contribution is -2.45. The van der Waals surface area contributed by atoms with Crippen molar-refractivity contribution < 1.29 is 8.42 Å². The number of piperidine rings is 1. The average Bonchev–Trinajstić information content (AvgIpc) is 2.36. The molecule has 1 aliphatic heterocycles. The van der Waals surface area contributed by atoms with Gasteiger partial charge in [0, 0.05) is 32.1 Å². The van der Waals surface area contributed by atoms with E-state index in [9.17, 15) is 8.42 Å². The molecular formula is C12H26ClN3O2S. The Morgan fingerprint density at radius 1 is 1.21 bits per heavy atom. The third kappa shape index (κ3) is 5.55. The van der Waals surface area contributed by atoms with E-state index < -0.39 is 10.0 Å². The van der Waals surface area contributed by atoms with Crippen molar-refractivity contribution >= 4 is 21.6 Å². The second-order valence-corrected chi connectivity index (χ2v) is 7.91. The van der Waals surface area contributed by atoms with Crippen LogP contribution in [0.1, 0.15) is 12.8 Å². The lowest BCUT2D eigenvalue weighted by atomic mass is 10.0.